The largest absolute Gasteiger partial charge is 0.423 e. The number of ether oxygens (including phenoxy) is 2. The van der Waals surface area contributed by atoms with Crippen molar-refractivity contribution in [3.05, 3.63) is 0 Å². The van der Waals surface area contributed by atoms with Crippen LogP contribution in [-0.2, 0) is 9.47 Å². The SMILES string of the molecule is CCOC(F)(F)C(OCF)C(F)(F)F. The lowest BCUT2D eigenvalue weighted by Crippen LogP contribution is -2.48. The van der Waals surface area contributed by atoms with Gasteiger partial charge in [-0.25, -0.2) is 4.39 Å². The molecule has 0 aliphatic carbocycles. The van der Waals surface area contributed by atoms with E-state index in [1.807, 2.05) is 0 Å². The van der Waals surface area contributed by atoms with Gasteiger partial charge in [-0.05, 0) is 6.92 Å². The zero-order valence-corrected chi connectivity index (χ0v) is 7.08. The van der Waals surface area contributed by atoms with Gasteiger partial charge in [-0.1, -0.05) is 0 Å². The molecule has 1 atom stereocenters. The van der Waals surface area contributed by atoms with Crippen LogP contribution in [0, 0.1) is 0 Å². The Balaban J connectivity index is 4.63. The molecule has 0 radical (unpaired) electrons. The smallest absolute Gasteiger partial charge is 0.329 e. The van der Waals surface area contributed by atoms with E-state index in [0.29, 0.717) is 0 Å². The van der Waals surface area contributed by atoms with Gasteiger partial charge >= 0.3 is 12.3 Å². The molecule has 0 aliphatic rings. The normalized spacial score (nSPS) is 15.6. The summed E-state index contributed by atoms with van der Waals surface area (Å²) in [6.07, 6.45) is -13.6. The van der Waals surface area contributed by atoms with Crippen molar-refractivity contribution in [3.8, 4) is 0 Å². The highest BCUT2D eigenvalue weighted by Gasteiger charge is 2.58. The van der Waals surface area contributed by atoms with Gasteiger partial charge in [0.25, 0.3) is 0 Å². The highest BCUT2D eigenvalue weighted by molar-refractivity contribution is 4.76. The van der Waals surface area contributed by atoms with Crippen LogP contribution in [0.25, 0.3) is 0 Å². The summed E-state index contributed by atoms with van der Waals surface area (Å²) in [5, 5.41) is 0. The topological polar surface area (TPSA) is 18.5 Å². The van der Waals surface area contributed by atoms with Crippen molar-refractivity contribution >= 4 is 0 Å². The molecule has 8 heteroatoms. The molecule has 0 aliphatic heterocycles. The zero-order chi connectivity index (χ0) is 11.4. The van der Waals surface area contributed by atoms with Crippen LogP contribution in [0.15, 0.2) is 0 Å². The Morgan fingerprint density at radius 3 is 1.93 bits per heavy atom. The molecule has 0 saturated carbocycles. The standard InChI is InChI=1S/C6H8F6O2/c1-2-14-6(11,12)4(13-3-7)5(8,9)10/h4H,2-3H2,1H3. The van der Waals surface area contributed by atoms with Crippen molar-refractivity contribution < 1.29 is 35.8 Å². The van der Waals surface area contributed by atoms with E-state index >= 15 is 0 Å². The van der Waals surface area contributed by atoms with Gasteiger partial charge < -0.3 is 9.47 Å². The van der Waals surface area contributed by atoms with E-state index in [4.69, 9.17) is 0 Å². The van der Waals surface area contributed by atoms with Crippen LogP contribution in [0.2, 0.25) is 0 Å². The minimum atomic E-state index is -5.38. The Kier molecular flexibility index (Phi) is 4.66. The number of hydrogen-bond donors (Lipinski definition) is 0. The van der Waals surface area contributed by atoms with Crippen LogP contribution in [-0.4, -0.2) is 31.9 Å². The highest BCUT2D eigenvalue weighted by atomic mass is 19.4. The molecule has 0 aromatic rings. The fourth-order valence-corrected chi connectivity index (χ4v) is 0.713. The van der Waals surface area contributed by atoms with Crippen molar-refractivity contribution in [1.82, 2.24) is 0 Å². The second-order valence-electron chi connectivity index (χ2n) is 2.19. The average molecular weight is 226 g/mol. The molecule has 2 nitrogen and oxygen atoms in total. The van der Waals surface area contributed by atoms with Crippen molar-refractivity contribution in [2.45, 2.75) is 25.3 Å². The van der Waals surface area contributed by atoms with E-state index in [1.165, 1.54) is 0 Å². The van der Waals surface area contributed by atoms with E-state index in [-0.39, 0.29) is 0 Å². The molecular weight excluding hydrogens is 218 g/mol. The first-order valence-electron chi connectivity index (χ1n) is 3.51. The molecule has 0 bridgehead atoms. The van der Waals surface area contributed by atoms with Gasteiger partial charge in [0.15, 0.2) is 6.86 Å². The molecule has 86 valence electrons. The molecule has 0 aromatic carbocycles. The van der Waals surface area contributed by atoms with Gasteiger partial charge in [0.1, 0.15) is 0 Å². The predicted molar refractivity (Wildman–Crippen MR) is 33.5 cm³/mol. The van der Waals surface area contributed by atoms with Crippen LogP contribution < -0.4 is 0 Å². The molecule has 0 fully saturated rings. The molecular formula is C6H8F6O2. The van der Waals surface area contributed by atoms with Gasteiger partial charge in [0.05, 0.1) is 6.61 Å². The lowest BCUT2D eigenvalue weighted by atomic mass is 10.3. The van der Waals surface area contributed by atoms with Crippen LogP contribution in [0.3, 0.4) is 0 Å². The van der Waals surface area contributed by atoms with Crippen LogP contribution >= 0.6 is 0 Å². The van der Waals surface area contributed by atoms with Gasteiger partial charge in [0, 0.05) is 0 Å². The van der Waals surface area contributed by atoms with Crippen molar-refractivity contribution in [1.29, 1.82) is 0 Å². The quantitative estimate of drug-likeness (QED) is 0.670. The third-order valence-corrected chi connectivity index (χ3v) is 1.17. The first-order chi connectivity index (χ1) is 6.25. The Morgan fingerprint density at radius 2 is 1.64 bits per heavy atom. The van der Waals surface area contributed by atoms with Crippen molar-refractivity contribution in [3.63, 3.8) is 0 Å². The maximum atomic E-state index is 12.5. The summed E-state index contributed by atoms with van der Waals surface area (Å²) in [5.41, 5.74) is 0. The van der Waals surface area contributed by atoms with Crippen LogP contribution in [0.4, 0.5) is 26.3 Å². The Hall–Kier alpha value is -0.500. The summed E-state index contributed by atoms with van der Waals surface area (Å²) in [6, 6.07) is 0. The molecule has 14 heavy (non-hydrogen) atoms. The maximum Gasteiger partial charge on any atom is 0.423 e. The van der Waals surface area contributed by atoms with Gasteiger partial charge in [-0.2, -0.15) is 22.0 Å². The van der Waals surface area contributed by atoms with E-state index in [9.17, 15) is 26.3 Å². The fraction of sp³-hybridized carbons (Fsp3) is 1.00. The summed E-state index contributed by atoms with van der Waals surface area (Å²) < 4.78 is 78.9. The number of rotatable bonds is 5. The van der Waals surface area contributed by atoms with Gasteiger partial charge in [0.2, 0.25) is 6.10 Å². The average Bonchev–Trinajstić information content (AvgIpc) is 1.97. The zero-order valence-electron chi connectivity index (χ0n) is 7.08. The second kappa shape index (κ2) is 4.83. The lowest BCUT2D eigenvalue weighted by molar-refractivity contribution is -0.367. The number of hydrogen-bond acceptors (Lipinski definition) is 2. The minimum absolute atomic E-state index is 0.644. The van der Waals surface area contributed by atoms with E-state index < -0.39 is 31.9 Å². The highest BCUT2D eigenvalue weighted by Crippen LogP contribution is 2.35. The first-order valence-corrected chi connectivity index (χ1v) is 3.51. The Labute approximate surface area is 75.8 Å². The Bertz CT molecular complexity index is 168. The molecule has 0 N–H and O–H groups in total. The summed E-state index contributed by atoms with van der Waals surface area (Å²) in [4.78, 5) is 0. The molecule has 0 saturated heterocycles. The maximum absolute atomic E-state index is 12.5. The lowest BCUT2D eigenvalue weighted by Gasteiger charge is -2.26. The summed E-state index contributed by atoms with van der Waals surface area (Å²) in [5.74, 6) is 0. The van der Waals surface area contributed by atoms with Gasteiger partial charge in [-0.15, -0.1) is 0 Å². The molecule has 0 amide bonds. The summed E-state index contributed by atoms with van der Waals surface area (Å²) in [6.45, 7) is -1.53. The van der Waals surface area contributed by atoms with Crippen LogP contribution in [0.5, 0.6) is 0 Å². The van der Waals surface area contributed by atoms with E-state index in [1.54, 1.807) is 0 Å². The number of halogens is 6. The second-order valence-corrected chi connectivity index (χ2v) is 2.19. The monoisotopic (exact) mass is 226 g/mol. The van der Waals surface area contributed by atoms with Gasteiger partial charge in [-0.3, -0.25) is 0 Å². The Morgan fingerprint density at radius 1 is 1.14 bits per heavy atom. The van der Waals surface area contributed by atoms with Crippen LogP contribution in [0.1, 0.15) is 6.92 Å². The summed E-state index contributed by atoms with van der Waals surface area (Å²) in [7, 11) is 0. The fourth-order valence-electron chi connectivity index (χ4n) is 0.713. The van der Waals surface area contributed by atoms with Crippen molar-refractivity contribution in [2.75, 3.05) is 13.5 Å². The first kappa shape index (κ1) is 13.5. The number of alkyl halides is 6. The van der Waals surface area contributed by atoms with E-state index in [0.717, 1.165) is 6.92 Å². The third kappa shape index (κ3) is 3.70. The minimum Gasteiger partial charge on any atom is -0.329 e. The molecule has 0 rings (SSSR count). The molecule has 0 spiro atoms. The molecule has 0 aromatic heterocycles. The van der Waals surface area contributed by atoms with Crippen molar-refractivity contribution in [2.24, 2.45) is 0 Å². The summed E-state index contributed by atoms with van der Waals surface area (Å²) >= 11 is 0. The van der Waals surface area contributed by atoms with E-state index in [2.05, 4.69) is 9.47 Å². The predicted octanol–water partition coefficient (Wildman–Crippen LogP) is 2.49. The third-order valence-electron chi connectivity index (χ3n) is 1.17. The molecule has 0 heterocycles. The molecule has 1 unspecified atom stereocenters.